The van der Waals surface area contributed by atoms with Crippen molar-refractivity contribution in [2.45, 2.75) is 0 Å². The summed E-state index contributed by atoms with van der Waals surface area (Å²) in [6.07, 6.45) is 5.47. The van der Waals surface area contributed by atoms with E-state index in [1.807, 2.05) is 18.2 Å². The summed E-state index contributed by atoms with van der Waals surface area (Å²) in [5.74, 6) is 0. The Morgan fingerprint density at radius 3 is 2.91 bits per heavy atom. The molecule has 0 fully saturated rings. The van der Waals surface area contributed by atoms with E-state index in [0.29, 0.717) is 11.7 Å². The predicted octanol–water partition coefficient (Wildman–Crippen LogP) is 1.71. The van der Waals surface area contributed by atoms with Gasteiger partial charge in [0.25, 0.3) is 0 Å². The second-order valence-corrected chi connectivity index (χ2v) is 2.44. The highest BCUT2D eigenvalue weighted by Gasteiger charge is 1.86. The van der Waals surface area contributed by atoms with Crippen LogP contribution in [-0.2, 0) is 0 Å². The maximum Gasteiger partial charge on any atom is 0.129 e. The molecule has 0 aliphatic heterocycles. The normalized spacial score (nSPS) is 10.7. The van der Waals surface area contributed by atoms with Crippen molar-refractivity contribution in [3.63, 3.8) is 0 Å². The van der Waals surface area contributed by atoms with Crippen LogP contribution in [0.25, 0.3) is 6.08 Å². The predicted molar refractivity (Wildman–Crippen MR) is 47.3 cm³/mol. The Hall–Kier alpha value is -0.860. The number of nitrogens with two attached hydrogens (primary N) is 1. The second-order valence-electron chi connectivity index (χ2n) is 2.05. The fourth-order valence-corrected chi connectivity index (χ4v) is 0.802. The number of hydrogen-bond donors (Lipinski definition) is 1. The molecular formula is C8H9ClN2. The highest BCUT2D eigenvalue weighted by Crippen LogP contribution is 2.05. The molecule has 3 heteroatoms. The molecule has 0 bridgehead atoms. The van der Waals surface area contributed by atoms with Crippen molar-refractivity contribution in [2.24, 2.45) is 5.73 Å². The molecule has 0 spiro atoms. The van der Waals surface area contributed by atoms with E-state index in [-0.39, 0.29) is 0 Å². The summed E-state index contributed by atoms with van der Waals surface area (Å²) in [4.78, 5) is 3.91. The largest absolute Gasteiger partial charge is 0.327 e. The van der Waals surface area contributed by atoms with E-state index < -0.39 is 0 Å². The van der Waals surface area contributed by atoms with E-state index in [2.05, 4.69) is 4.98 Å². The van der Waals surface area contributed by atoms with Crippen molar-refractivity contribution in [1.29, 1.82) is 0 Å². The number of pyridine rings is 1. The van der Waals surface area contributed by atoms with Gasteiger partial charge in [-0.2, -0.15) is 0 Å². The topological polar surface area (TPSA) is 38.9 Å². The van der Waals surface area contributed by atoms with Crippen LogP contribution in [0.3, 0.4) is 0 Å². The summed E-state index contributed by atoms with van der Waals surface area (Å²) in [7, 11) is 0. The lowest BCUT2D eigenvalue weighted by Crippen LogP contribution is -1.91. The molecule has 11 heavy (non-hydrogen) atoms. The average molecular weight is 169 g/mol. The maximum atomic E-state index is 5.59. The Morgan fingerprint density at radius 2 is 2.36 bits per heavy atom. The van der Waals surface area contributed by atoms with E-state index >= 15 is 0 Å². The summed E-state index contributed by atoms with van der Waals surface area (Å²) in [6, 6.07) is 3.64. The number of aromatic nitrogens is 1. The standard InChI is InChI=1S/C8H9ClN2/c9-8-4-3-7(6-11-8)2-1-5-10/h1-4,6H,5,10H2/b2-1+. The summed E-state index contributed by atoms with van der Waals surface area (Å²) < 4.78 is 0. The van der Waals surface area contributed by atoms with E-state index in [4.69, 9.17) is 17.3 Å². The monoisotopic (exact) mass is 168 g/mol. The minimum atomic E-state index is 0.509. The van der Waals surface area contributed by atoms with Gasteiger partial charge in [0.2, 0.25) is 0 Å². The quantitative estimate of drug-likeness (QED) is 0.683. The molecule has 0 aliphatic rings. The second kappa shape index (κ2) is 4.11. The molecule has 2 N–H and O–H groups in total. The van der Waals surface area contributed by atoms with Crippen LogP contribution < -0.4 is 5.73 Å². The molecule has 0 atom stereocenters. The first kappa shape index (κ1) is 8.24. The summed E-state index contributed by atoms with van der Waals surface area (Å²) >= 11 is 5.59. The zero-order chi connectivity index (χ0) is 8.10. The van der Waals surface area contributed by atoms with Crippen LogP contribution in [0.5, 0.6) is 0 Å². The molecule has 0 aliphatic carbocycles. The summed E-state index contributed by atoms with van der Waals surface area (Å²) in [6.45, 7) is 0.544. The van der Waals surface area contributed by atoms with Crippen molar-refractivity contribution >= 4 is 17.7 Å². The molecule has 1 aromatic rings. The molecule has 2 nitrogen and oxygen atoms in total. The Labute approximate surface area is 70.7 Å². The van der Waals surface area contributed by atoms with Crippen LogP contribution in [0.4, 0.5) is 0 Å². The lowest BCUT2D eigenvalue weighted by molar-refractivity contribution is 1.26. The molecule has 0 unspecified atom stereocenters. The number of nitrogens with zero attached hydrogens (tertiary/aromatic N) is 1. The smallest absolute Gasteiger partial charge is 0.129 e. The fraction of sp³-hybridized carbons (Fsp3) is 0.125. The Morgan fingerprint density at radius 1 is 1.55 bits per heavy atom. The molecule has 0 aromatic carbocycles. The number of halogens is 1. The number of hydrogen-bond acceptors (Lipinski definition) is 2. The minimum Gasteiger partial charge on any atom is -0.327 e. The Balaban J connectivity index is 2.73. The molecule has 0 radical (unpaired) electrons. The van der Waals surface area contributed by atoms with E-state index in [1.54, 1.807) is 12.3 Å². The van der Waals surface area contributed by atoms with Crippen LogP contribution in [0.15, 0.2) is 24.4 Å². The van der Waals surface area contributed by atoms with Crippen LogP contribution in [0.1, 0.15) is 5.56 Å². The molecule has 1 aromatic heterocycles. The van der Waals surface area contributed by atoms with Crippen molar-refractivity contribution in [1.82, 2.24) is 4.98 Å². The van der Waals surface area contributed by atoms with Gasteiger partial charge in [-0.15, -0.1) is 0 Å². The summed E-state index contributed by atoms with van der Waals surface area (Å²) in [5.41, 5.74) is 6.29. The first-order chi connectivity index (χ1) is 5.33. The molecular weight excluding hydrogens is 160 g/mol. The first-order valence-corrected chi connectivity index (χ1v) is 3.69. The third kappa shape index (κ3) is 2.70. The van der Waals surface area contributed by atoms with E-state index in [9.17, 15) is 0 Å². The Bertz CT molecular complexity index is 241. The fourth-order valence-electron chi connectivity index (χ4n) is 0.690. The van der Waals surface area contributed by atoms with Gasteiger partial charge >= 0.3 is 0 Å². The summed E-state index contributed by atoms with van der Waals surface area (Å²) in [5, 5.41) is 0.509. The molecule has 58 valence electrons. The lowest BCUT2D eigenvalue weighted by Gasteiger charge is -1.91. The van der Waals surface area contributed by atoms with Crippen molar-refractivity contribution in [2.75, 3.05) is 6.54 Å². The minimum absolute atomic E-state index is 0.509. The van der Waals surface area contributed by atoms with E-state index in [0.717, 1.165) is 5.56 Å². The van der Waals surface area contributed by atoms with Crippen molar-refractivity contribution in [3.8, 4) is 0 Å². The third-order valence-corrected chi connectivity index (χ3v) is 1.42. The zero-order valence-corrected chi connectivity index (χ0v) is 6.75. The highest BCUT2D eigenvalue weighted by molar-refractivity contribution is 6.29. The van der Waals surface area contributed by atoms with Gasteiger partial charge in [-0.1, -0.05) is 29.8 Å². The zero-order valence-electron chi connectivity index (χ0n) is 6.00. The van der Waals surface area contributed by atoms with Gasteiger partial charge in [-0.05, 0) is 11.6 Å². The lowest BCUT2D eigenvalue weighted by atomic mass is 10.2. The van der Waals surface area contributed by atoms with Gasteiger partial charge in [0.1, 0.15) is 5.15 Å². The molecule has 0 saturated heterocycles. The van der Waals surface area contributed by atoms with Gasteiger partial charge in [0.05, 0.1) is 0 Å². The molecule has 0 saturated carbocycles. The van der Waals surface area contributed by atoms with Crippen LogP contribution in [-0.4, -0.2) is 11.5 Å². The van der Waals surface area contributed by atoms with E-state index in [1.165, 1.54) is 0 Å². The van der Waals surface area contributed by atoms with Crippen molar-refractivity contribution < 1.29 is 0 Å². The number of rotatable bonds is 2. The van der Waals surface area contributed by atoms with Crippen LogP contribution in [0.2, 0.25) is 5.15 Å². The third-order valence-electron chi connectivity index (χ3n) is 1.20. The SMILES string of the molecule is NC/C=C/c1ccc(Cl)nc1. The van der Waals surface area contributed by atoms with Gasteiger partial charge in [0.15, 0.2) is 0 Å². The van der Waals surface area contributed by atoms with Gasteiger partial charge in [0, 0.05) is 12.7 Å². The Kier molecular flexibility index (Phi) is 3.08. The maximum absolute atomic E-state index is 5.59. The van der Waals surface area contributed by atoms with Crippen LogP contribution in [0, 0.1) is 0 Å². The van der Waals surface area contributed by atoms with Gasteiger partial charge < -0.3 is 5.73 Å². The first-order valence-electron chi connectivity index (χ1n) is 3.31. The van der Waals surface area contributed by atoms with Crippen molar-refractivity contribution in [3.05, 3.63) is 35.1 Å². The van der Waals surface area contributed by atoms with Gasteiger partial charge in [-0.25, -0.2) is 4.98 Å². The average Bonchev–Trinajstić information content (AvgIpc) is 2.04. The highest BCUT2D eigenvalue weighted by atomic mass is 35.5. The van der Waals surface area contributed by atoms with Gasteiger partial charge in [-0.3, -0.25) is 0 Å². The molecule has 0 amide bonds. The van der Waals surface area contributed by atoms with Crippen LogP contribution >= 0.6 is 11.6 Å². The molecule has 1 rings (SSSR count). The molecule has 1 heterocycles.